The minimum atomic E-state index is -3.54. The van der Waals surface area contributed by atoms with Gasteiger partial charge in [0, 0.05) is 6.04 Å². The van der Waals surface area contributed by atoms with Crippen LogP contribution in [0.1, 0.15) is 39.0 Å². The zero-order valence-corrected chi connectivity index (χ0v) is 14.0. The predicted octanol–water partition coefficient (Wildman–Crippen LogP) is 3.60. The van der Waals surface area contributed by atoms with Crippen molar-refractivity contribution in [1.29, 1.82) is 0 Å². The number of hydrogen-bond donors (Lipinski definition) is 1. The predicted molar refractivity (Wildman–Crippen MR) is 84.4 cm³/mol. The molecular formula is C15H22ClNO3S. The maximum Gasteiger partial charge on any atom is 0.240 e. The molecule has 1 fully saturated rings. The molecule has 1 N–H and O–H groups in total. The van der Waals surface area contributed by atoms with Gasteiger partial charge in [0.2, 0.25) is 10.0 Å². The summed E-state index contributed by atoms with van der Waals surface area (Å²) in [7, 11) is -2.04. The summed E-state index contributed by atoms with van der Waals surface area (Å²) in [5.74, 6) is 0.891. The molecule has 1 aliphatic carbocycles. The lowest BCUT2D eigenvalue weighted by Crippen LogP contribution is -2.41. The van der Waals surface area contributed by atoms with E-state index >= 15 is 0 Å². The fourth-order valence-corrected chi connectivity index (χ4v) is 4.62. The minimum Gasteiger partial charge on any atom is -0.495 e. The number of methoxy groups -OCH3 is 1. The van der Waals surface area contributed by atoms with Crippen LogP contribution >= 0.6 is 11.6 Å². The lowest BCUT2D eigenvalue weighted by Gasteiger charge is -2.31. The van der Waals surface area contributed by atoms with E-state index in [2.05, 4.69) is 11.6 Å². The molecule has 118 valence electrons. The molecule has 4 nitrogen and oxygen atoms in total. The molecule has 1 aliphatic rings. The van der Waals surface area contributed by atoms with Gasteiger partial charge in [0.05, 0.1) is 17.0 Å². The summed E-state index contributed by atoms with van der Waals surface area (Å²) in [5, 5.41) is 0.302. The molecule has 1 saturated carbocycles. The van der Waals surface area contributed by atoms with Gasteiger partial charge in [-0.1, -0.05) is 37.8 Å². The van der Waals surface area contributed by atoms with Gasteiger partial charge in [-0.2, -0.15) is 0 Å². The molecule has 0 amide bonds. The van der Waals surface area contributed by atoms with Gasteiger partial charge in [-0.25, -0.2) is 13.1 Å². The molecule has 2 rings (SSSR count). The third-order valence-corrected chi connectivity index (χ3v) is 5.96. The highest BCUT2D eigenvalue weighted by atomic mass is 35.5. The van der Waals surface area contributed by atoms with Gasteiger partial charge in [-0.15, -0.1) is 0 Å². The van der Waals surface area contributed by atoms with Gasteiger partial charge in [0.15, 0.2) is 0 Å². The molecule has 0 spiro atoms. The Balaban J connectivity index is 2.19. The van der Waals surface area contributed by atoms with Gasteiger partial charge in [-0.3, -0.25) is 0 Å². The van der Waals surface area contributed by atoms with E-state index in [1.54, 1.807) is 6.07 Å². The minimum absolute atomic E-state index is 0.0228. The quantitative estimate of drug-likeness (QED) is 0.897. The zero-order chi connectivity index (χ0) is 15.5. The van der Waals surface area contributed by atoms with Crippen LogP contribution in [0.15, 0.2) is 23.1 Å². The molecule has 21 heavy (non-hydrogen) atoms. The maximum absolute atomic E-state index is 12.5. The summed E-state index contributed by atoms with van der Waals surface area (Å²) in [4.78, 5) is 0.189. The molecular weight excluding hydrogens is 310 g/mol. The van der Waals surface area contributed by atoms with Crippen LogP contribution in [0.25, 0.3) is 0 Å². The van der Waals surface area contributed by atoms with Crippen LogP contribution < -0.4 is 9.46 Å². The van der Waals surface area contributed by atoms with Crippen LogP contribution in [0.5, 0.6) is 5.75 Å². The van der Waals surface area contributed by atoms with Crippen molar-refractivity contribution in [3.8, 4) is 5.75 Å². The van der Waals surface area contributed by atoms with E-state index in [0.29, 0.717) is 16.7 Å². The van der Waals surface area contributed by atoms with Crippen molar-refractivity contribution in [3.63, 3.8) is 0 Å². The number of hydrogen-bond acceptors (Lipinski definition) is 3. The van der Waals surface area contributed by atoms with E-state index in [0.717, 1.165) is 25.7 Å². The van der Waals surface area contributed by atoms with Crippen molar-refractivity contribution in [3.05, 3.63) is 23.2 Å². The number of halogens is 1. The smallest absolute Gasteiger partial charge is 0.240 e. The highest BCUT2D eigenvalue weighted by molar-refractivity contribution is 7.89. The Hall–Kier alpha value is -0.780. The Kier molecular flexibility index (Phi) is 5.52. The average molecular weight is 332 g/mol. The summed E-state index contributed by atoms with van der Waals surface area (Å²) in [6.07, 6.45) is 5.25. The van der Waals surface area contributed by atoms with Gasteiger partial charge >= 0.3 is 0 Å². The highest BCUT2D eigenvalue weighted by Crippen LogP contribution is 2.30. The van der Waals surface area contributed by atoms with E-state index < -0.39 is 10.0 Å². The molecule has 0 heterocycles. The fraction of sp³-hybridized carbons (Fsp3) is 0.600. The van der Waals surface area contributed by atoms with Crippen molar-refractivity contribution in [2.24, 2.45) is 5.92 Å². The fourth-order valence-electron chi connectivity index (χ4n) is 2.93. The van der Waals surface area contributed by atoms with Gasteiger partial charge in [0.1, 0.15) is 5.75 Å². The van der Waals surface area contributed by atoms with Crippen molar-refractivity contribution in [2.75, 3.05) is 7.11 Å². The van der Waals surface area contributed by atoms with Gasteiger partial charge in [0.25, 0.3) is 0 Å². The second-order valence-corrected chi connectivity index (χ2v) is 7.60. The van der Waals surface area contributed by atoms with E-state index in [1.807, 2.05) is 0 Å². The Morgan fingerprint density at radius 1 is 1.33 bits per heavy atom. The molecule has 0 radical (unpaired) electrons. The standard InChI is InChI=1S/C15H22ClNO3S/c1-3-11-6-4-5-7-14(11)17-21(18,19)12-8-9-15(20-2)13(16)10-12/h8-11,14,17H,3-7H2,1-2H3. The third kappa shape index (κ3) is 3.90. The monoisotopic (exact) mass is 331 g/mol. The average Bonchev–Trinajstić information content (AvgIpc) is 2.47. The third-order valence-electron chi connectivity index (χ3n) is 4.17. The Labute approximate surface area is 131 Å². The van der Waals surface area contributed by atoms with Gasteiger partial charge in [-0.05, 0) is 37.0 Å². The van der Waals surface area contributed by atoms with Gasteiger partial charge < -0.3 is 4.74 Å². The molecule has 0 saturated heterocycles. The highest BCUT2D eigenvalue weighted by Gasteiger charge is 2.28. The molecule has 0 aromatic heterocycles. The number of nitrogens with one attached hydrogen (secondary N) is 1. The summed E-state index contributed by atoms with van der Waals surface area (Å²) in [6, 6.07) is 4.56. The number of sulfonamides is 1. The zero-order valence-electron chi connectivity index (χ0n) is 12.4. The molecule has 0 aliphatic heterocycles. The second kappa shape index (κ2) is 6.99. The molecule has 1 aromatic carbocycles. The van der Waals surface area contributed by atoms with Crippen LogP contribution in [-0.4, -0.2) is 21.6 Å². The van der Waals surface area contributed by atoms with Crippen LogP contribution in [0.2, 0.25) is 5.02 Å². The number of benzene rings is 1. The van der Waals surface area contributed by atoms with Crippen LogP contribution in [0.4, 0.5) is 0 Å². The normalized spacial score (nSPS) is 23.0. The van der Waals surface area contributed by atoms with E-state index in [-0.39, 0.29) is 10.9 Å². The Morgan fingerprint density at radius 2 is 2.05 bits per heavy atom. The first-order chi connectivity index (χ1) is 9.97. The van der Waals surface area contributed by atoms with Crippen LogP contribution in [0.3, 0.4) is 0 Å². The SMILES string of the molecule is CCC1CCCCC1NS(=O)(=O)c1ccc(OC)c(Cl)c1. The largest absolute Gasteiger partial charge is 0.495 e. The summed E-state index contributed by atoms with van der Waals surface area (Å²) >= 11 is 6.02. The first kappa shape index (κ1) is 16.6. The molecule has 1 aromatic rings. The topological polar surface area (TPSA) is 55.4 Å². The molecule has 0 bridgehead atoms. The van der Waals surface area contributed by atoms with E-state index in [9.17, 15) is 8.42 Å². The first-order valence-corrected chi connectivity index (χ1v) is 9.20. The van der Waals surface area contributed by atoms with Crippen molar-refractivity contribution >= 4 is 21.6 Å². The number of ether oxygens (including phenoxy) is 1. The van der Waals surface area contributed by atoms with Crippen molar-refractivity contribution in [1.82, 2.24) is 4.72 Å². The Bertz CT molecular complexity index is 589. The number of rotatable bonds is 5. The molecule has 6 heteroatoms. The molecule has 2 unspecified atom stereocenters. The van der Waals surface area contributed by atoms with E-state index in [1.165, 1.54) is 25.7 Å². The second-order valence-electron chi connectivity index (χ2n) is 5.48. The first-order valence-electron chi connectivity index (χ1n) is 7.33. The lowest BCUT2D eigenvalue weighted by molar-refractivity contribution is 0.282. The van der Waals surface area contributed by atoms with E-state index in [4.69, 9.17) is 16.3 Å². The van der Waals surface area contributed by atoms with Crippen LogP contribution in [0, 0.1) is 5.92 Å². The van der Waals surface area contributed by atoms with Crippen molar-refractivity contribution in [2.45, 2.75) is 50.0 Å². The van der Waals surface area contributed by atoms with Crippen molar-refractivity contribution < 1.29 is 13.2 Å². The van der Waals surface area contributed by atoms with Crippen LogP contribution in [-0.2, 0) is 10.0 Å². The molecule has 2 atom stereocenters. The maximum atomic E-state index is 12.5. The lowest BCUT2D eigenvalue weighted by atomic mass is 9.83. The Morgan fingerprint density at radius 3 is 2.67 bits per heavy atom. The summed E-state index contributed by atoms with van der Waals surface area (Å²) < 4.78 is 32.9. The summed E-state index contributed by atoms with van der Waals surface area (Å²) in [5.41, 5.74) is 0. The summed E-state index contributed by atoms with van der Waals surface area (Å²) in [6.45, 7) is 2.11.